The quantitative estimate of drug-likeness (QED) is 0.0959. The van der Waals surface area contributed by atoms with Gasteiger partial charge in [-0.2, -0.15) is 0 Å². The molecule has 20 nitrogen and oxygen atoms in total. The minimum absolute atomic E-state index is 0.0197. The van der Waals surface area contributed by atoms with Gasteiger partial charge in [-0.3, -0.25) is 4.79 Å². The van der Waals surface area contributed by atoms with Crippen molar-refractivity contribution in [1.82, 2.24) is 0 Å². The second-order valence-electron chi connectivity index (χ2n) is 23.1. The first-order chi connectivity index (χ1) is 31.2. The van der Waals surface area contributed by atoms with Gasteiger partial charge in [0.05, 0.1) is 37.4 Å². The van der Waals surface area contributed by atoms with Gasteiger partial charge in [-0.25, -0.2) is 4.79 Å². The lowest BCUT2D eigenvalue weighted by Crippen LogP contribution is -2.69. The molecule has 0 radical (unpaired) electrons. The molecule has 0 spiro atoms. The average molecular weight is 959 g/mol. The van der Waals surface area contributed by atoms with Gasteiger partial charge in [-0.15, -0.1) is 0 Å². The number of aliphatic hydroxyl groups is 10. The molecule has 5 aliphatic carbocycles. The Hall–Kier alpha value is -1.96. The van der Waals surface area contributed by atoms with E-state index in [9.17, 15) is 70.9 Å². The van der Waals surface area contributed by atoms with Gasteiger partial charge in [0.2, 0.25) is 0 Å². The van der Waals surface area contributed by atoms with Gasteiger partial charge in [0, 0.05) is 0 Å². The van der Waals surface area contributed by atoms with Crippen molar-refractivity contribution >= 4 is 11.9 Å². The molecule has 8 rings (SSSR count). The Labute approximate surface area is 389 Å². The van der Waals surface area contributed by atoms with Crippen molar-refractivity contribution in [2.24, 2.45) is 50.2 Å². The summed E-state index contributed by atoms with van der Waals surface area (Å²) >= 11 is 0. The Morgan fingerprint density at radius 3 is 2.03 bits per heavy atom. The summed E-state index contributed by atoms with van der Waals surface area (Å²) in [5, 5.41) is 127. The van der Waals surface area contributed by atoms with Gasteiger partial charge < -0.3 is 89.7 Å². The Morgan fingerprint density at radius 2 is 1.37 bits per heavy atom. The second kappa shape index (κ2) is 18.0. The van der Waals surface area contributed by atoms with E-state index < -0.39 is 150 Å². The van der Waals surface area contributed by atoms with Crippen molar-refractivity contribution in [2.45, 2.75) is 198 Å². The minimum Gasteiger partial charge on any atom is -0.481 e. The molecule has 12 N–H and O–H groups in total. The maximum Gasteiger partial charge on any atom is 0.335 e. The Morgan fingerprint density at radius 1 is 0.701 bits per heavy atom. The normalized spacial score (nSPS) is 54.1. The highest BCUT2D eigenvalue weighted by Gasteiger charge is 2.71. The van der Waals surface area contributed by atoms with E-state index in [2.05, 4.69) is 26.8 Å². The van der Waals surface area contributed by atoms with Gasteiger partial charge in [0.25, 0.3) is 0 Å². The highest BCUT2D eigenvalue weighted by Crippen LogP contribution is 2.76. The first kappa shape index (κ1) is 51.4. The van der Waals surface area contributed by atoms with Crippen LogP contribution in [0.4, 0.5) is 0 Å². The summed E-state index contributed by atoms with van der Waals surface area (Å²) in [6.07, 6.45) is -18.1. The number of fused-ring (bicyclic) bond motifs is 7. The number of carboxylic acids is 2. The number of ether oxygens (including phenoxy) is 6. The molecule has 3 aliphatic heterocycles. The van der Waals surface area contributed by atoms with E-state index in [4.69, 9.17) is 28.4 Å². The third-order valence-corrected chi connectivity index (χ3v) is 19.1. The van der Waals surface area contributed by atoms with E-state index in [1.54, 1.807) is 0 Å². The fourth-order valence-electron chi connectivity index (χ4n) is 15.0. The van der Waals surface area contributed by atoms with Crippen LogP contribution in [0.5, 0.6) is 0 Å². The monoisotopic (exact) mass is 958 g/mol. The van der Waals surface area contributed by atoms with Crippen molar-refractivity contribution in [3.63, 3.8) is 0 Å². The van der Waals surface area contributed by atoms with Crippen molar-refractivity contribution in [2.75, 3.05) is 19.8 Å². The van der Waals surface area contributed by atoms with Crippen LogP contribution in [0.15, 0.2) is 11.6 Å². The summed E-state index contributed by atoms with van der Waals surface area (Å²) in [4.78, 5) is 25.7. The molecule has 7 fully saturated rings. The fraction of sp³-hybridized carbons (Fsp3) is 0.915. The number of rotatable bonds is 10. The van der Waals surface area contributed by atoms with Gasteiger partial charge in [-0.1, -0.05) is 53.2 Å². The molecule has 3 heterocycles. The van der Waals surface area contributed by atoms with E-state index in [0.717, 1.165) is 12.0 Å². The molecule has 0 amide bonds. The number of hydrogen-bond acceptors (Lipinski definition) is 18. The molecule has 20 heteroatoms. The third-order valence-electron chi connectivity index (χ3n) is 19.1. The number of allylic oxidation sites excluding steroid dienone is 2. The second-order valence-corrected chi connectivity index (χ2v) is 23.1. The molecule has 0 aromatic heterocycles. The number of aliphatic carboxylic acids is 2. The first-order valence-corrected chi connectivity index (χ1v) is 24.0. The van der Waals surface area contributed by atoms with Crippen molar-refractivity contribution in [3.05, 3.63) is 11.6 Å². The zero-order chi connectivity index (χ0) is 49.1. The molecule has 0 bridgehead atoms. The number of carbonyl (C=O) groups is 2. The van der Waals surface area contributed by atoms with Crippen LogP contribution in [-0.4, -0.2) is 191 Å². The summed E-state index contributed by atoms with van der Waals surface area (Å²) in [7, 11) is 0. The summed E-state index contributed by atoms with van der Waals surface area (Å²) < 4.78 is 35.3. The standard InChI is InChI=1S/C47H74O20/c1-42(2)25-9-10-46(6)26(44(25,4)16-22(49)36(42)67-40-35(31(55)30(54)34(65-40)37(58)59)66-38-32(56)27(51)23(50)18-62-38)8-7-20-21-15-43(3,11-13-47(21,41(60)61)14-12-45(20,46)5)19-63-39-33(57)29(53)28(52)24(17-48)64-39/h7,21-36,38-40,48-57H,8-19H2,1-6H3,(H,58,59)(H,60,61). The Balaban J connectivity index is 1.05. The molecule has 0 aromatic rings. The van der Waals surface area contributed by atoms with E-state index in [-0.39, 0.29) is 36.2 Å². The Bertz CT molecular complexity index is 1880. The average Bonchev–Trinajstić information content (AvgIpc) is 3.26. The topological polar surface area (TPSA) is 332 Å². The van der Waals surface area contributed by atoms with Gasteiger partial charge >= 0.3 is 11.9 Å². The van der Waals surface area contributed by atoms with Gasteiger partial charge in [-0.05, 0) is 103 Å². The lowest BCUT2D eigenvalue weighted by atomic mass is 9.33. The summed E-state index contributed by atoms with van der Waals surface area (Å²) in [6, 6.07) is 0. The minimum atomic E-state index is -2.00. The molecule has 0 aromatic carbocycles. The van der Waals surface area contributed by atoms with Crippen LogP contribution in [0.25, 0.3) is 0 Å². The van der Waals surface area contributed by atoms with Crippen LogP contribution in [0.1, 0.15) is 99.3 Å². The molecule has 67 heavy (non-hydrogen) atoms. The zero-order valence-electron chi connectivity index (χ0n) is 39.2. The summed E-state index contributed by atoms with van der Waals surface area (Å²) in [6.45, 7) is 11.8. The maximum absolute atomic E-state index is 13.5. The van der Waals surface area contributed by atoms with Crippen LogP contribution in [-0.2, 0) is 38.0 Å². The van der Waals surface area contributed by atoms with Crippen LogP contribution in [0.3, 0.4) is 0 Å². The van der Waals surface area contributed by atoms with Crippen molar-refractivity contribution in [1.29, 1.82) is 0 Å². The molecule has 3 saturated heterocycles. The lowest BCUT2D eigenvalue weighted by molar-refractivity contribution is -0.371. The first-order valence-electron chi connectivity index (χ1n) is 24.0. The van der Waals surface area contributed by atoms with E-state index in [0.29, 0.717) is 44.9 Å². The van der Waals surface area contributed by atoms with E-state index in [1.165, 1.54) is 0 Å². The number of aliphatic hydroxyl groups excluding tert-OH is 10. The van der Waals surface area contributed by atoms with Gasteiger partial charge in [0.15, 0.2) is 25.0 Å². The number of hydrogen-bond donors (Lipinski definition) is 12. The van der Waals surface area contributed by atoms with Crippen LogP contribution >= 0.6 is 0 Å². The highest BCUT2D eigenvalue weighted by molar-refractivity contribution is 5.76. The largest absolute Gasteiger partial charge is 0.481 e. The third kappa shape index (κ3) is 8.04. The lowest BCUT2D eigenvalue weighted by Gasteiger charge is -2.71. The highest BCUT2D eigenvalue weighted by atomic mass is 16.8. The van der Waals surface area contributed by atoms with Gasteiger partial charge in [0.1, 0.15) is 61.0 Å². The zero-order valence-corrected chi connectivity index (χ0v) is 39.2. The van der Waals surface area contributed by atoms with Crippen LogP contribution in [0, 0.1) is 50.2 Å². The molecular formula is C47H74O20. The molecule has 8 aliphatic rings. The van der Waals surface area contributed by atoms with E-state index >= 15 is 0 Å². The maximum atomic E-state index is 13.5. The Kier molecular flexibility index (Phi) is 13.8. The van der Waals surface area contributed by atoms with Crippen LogP contribution in [0.2, 0.25) is 0 Å². The summed E-state index contributed by atoms with van der Waals surface area (Å²) in [5.74, 6) is -2.84. The molecule has 382 valence electrons. The molecular weight excluding hydrogens is 884 g/mol. The SMILES string of the molecule is CC1(COC2OC(CO)C(O)C(O)C2O)CCC2(C(=O)O)CCC3(C)C(=CCC4C5(C)CC(O)C(OC6OC(C(=O)O)C(O)C(O)C6OC6OCC(O)C(O)C6O)C(C)(C)C5CCC43C)C2C1. The predicted molar refractivity (Wildman–Crippen MR) is 228 cm³/mol. The van der Waals surface area contributed by atoms with E-state index in [1.807, 2.05) is 20.8 Å². The fourth-order valence-corrected chi connectivity index (χ4v) is 15.0. The van der Waals surface area contributed by atoms with Crippen LogP contribution < -0.4 is 0 Å². The predicted octanol–water partition coefficient (Wildman–Crippen LogP) is -0.619. The smallest absolute Gasteiger partial charge is 0.335 e. The molecule has 24 atom stereocenters. The van der Waals surface area contributed by atoms with Crippen molar-refractivity contribution in [3.8, 4) is 0 Å². The van der Waals surface area contributed by atoms with Crippen molar-refractivity contribution < 1.29 is 99.3 Å². The molecule has 24 unspecified atom stereocenters. The number of carboxylic acid groups (broad SMARTS) is 2. The molecule has 4 saturated carbocycles. The summed E-state index contributed by atoms with van der Waals surface area (Å²) in [5.41, 5.74) is -2.58.